The highest BCUT2D eigenvalue weighted by Crippen LogP contribution is 2.24. The summed E-state index contributed by atoms with van der Waals surface area (Å²) in [5.74, 6) is 2.44. The van der Waals surface area contributed by atoms with E-state index >= 15 is 0 Å². The zero-order valence-corrected chi connectivity index (χ0v) is 15.0. The lowest BCUT2D eigenvalue weighted by Crippen LogP contribution is -2.03. The van der Waals surface area contributed by atoms with E-state index in [1.54, 1.807) is 24.3 Å². The second kappa shape index (κ2) is 8.52. The van der Waals surface area contributed by atoms with E-state index in [1.807, 2.05) is 0 Å². The van der Waals surface area contributed by atoms with Crippen LogP contribution in [0.1, 0.15) is 0 Å². The average molecular weight is 371 g/mol. The van der Waals surface area contributed by atoms with Crippen molar-refractivity contribution in [3.63, 3.8) is 0 Å². The molecular weight excluding hydrogens is 352 g/mol. The summed E-state index contributed by atoms with van der Waals surface area (Å²) in [6.07, 6.45) is 0. The monoisotopic (exact) mass is 370 g/mol. The molecule has 2 aromatic carbocycles. The lowest BCUT2D eigenvalue weighted by molar-refractivity contribution is 0.344. The molecule has 0 N–H and O–H groups in total. The Labute approximate surface area is 147 Å². The molecule has 4 nitrogen and oxygen atoms in total. The summed E-state index contributed by atoms with van der Waals surface area (Å²) in [7, 11) is -3.55. The quantitative estimate of drug-likeness (QED) is 0.701. The zero-order valence-electron chi connectivity index (χ0n) is 12.4. The molecular formula is C16H18O4S3. The first-order chi connectivity index (χ1) is 11.1. The maximum absolute atomic E-state index is 12.6. The van der Waals surface area contributed by atoms with Crippen LogP contribution in [-0.2, 0) is 9.84 Å². The van der Waals surface area contributed by atoms with E-state index in [-0.39, 0.29) is 9.79 Å². The van der Waals surface area contributed by atoms with Crippen LogP contribution in [0.25, 0.3) is 0 Å². The van der Waals surface area contributed by atoms with Gasteiger partial charge in [-0.1, -0.05) is 0 Å². The minimum atomic E-state index is -3.55. The molecule has 0 saturated carbocycles. The van der Waals surface area contributed by atoms with Crippen LogP contribution in [-0.4, -0.2) is 33.1 Å². The van der Waals surface area contributed by atoms with Crippen LogP contribution in [0, 0.1) is 0 Å². The summed E-state index contributed by atoms with van der Waals surface area (Å²) >= 11 is 8.12. The lowest BCUT2D eigenvalue weighted by atomic mass is 10.3. The third-order valence-corrected chi connectivity index (χ3v) is 5.14. The number of rotatable bonds is 8. The van der Waals surface area contributed by atoms with Gasteiger partial charge in [-0.2, -0.15) is 25.3 Å². The summed E-state index contributed by atoms with van der Waals surface area (Å²) in [5.41, 5.74) is 0. The maximum Gasteiger partial charge on any atom is 0.206 e. The Morgan fingerprint density at radius 2 is 1.04 bits per heavy atom. The Morgan fingerprint density at radius 1 is 0.696 bits per heavy atom. The van der Waals surface area contributed by atoms with Crippen LogP contribution in [0.5, 0.6) is 11.5 Å². The van der Waals surface area contributed by atoms with Gasteiger partial charge in [-0.25, -0.2) is 8.42 Å². The average Bonchev–Trinajstić information content (AvgIpc) is 2.59. The van der Waals surface area contributed by atoms with Gasteiger partial charge in [0.1, 0.15) is 11.5 Å². The molecule has 23 heavy (non-hydrogen) atoms. The summed E-state index contributed by atoms with van der Waals surface area (Å²) in [5, 5.41) is 0. The number of sulfone groups is 1. The smallest absolute Gasteiger partial charge is 0.206 e. The van der Waals surface area contributed by atoms with Crippen molar-refractivity contribution in [3.8, 4) is 11.5 Å². The molecule has 0 bridgehead atoms. The minimum absolute atomic E-state index is 0.222. The molecule has 0 aliphatic heterocycles. The number of benzene rings is 2. The topological polar surface area (TPSA) is 52.6 Å². The number of hydrogen-bond donors (Lipinski definition) is 2. The predicted molar refractivity (Wildman–Crippen MR) is 97.0 cm³/mol. The molecule has 2 rings (SSSR count). The molecule has 0 saturated heterocycles. The highest BCUT2D eigenvalue weighted by molar-refractivity contribution is 7.91. The minimum Gasteiger partial charge on any atom is -0.493 e. The molecule has 0 unspecified atom stereocenters. The van der Waals surface area contributed by atoms with Gasteiger partial charge >= 0.3 is 0 Å². The molecule has 0 spiro atoms. The third-order valence-electron chi connectivity index (χ3n) is 2.99. The SMILES string of the molecule is O=S(=O)(c1ccc(OCCS)cc1)c1ccc(OCCS)cc1. The van der Waals surface area contributed by atoms with E-state index < -0.39 is 9.84 Å². The van der Waals surface area contributed by atoms with Gasteiger partial charge < -0.3 is 9.47 Å². The summed E-state index contributed by atoms with van der Waals surface area (Å²) in [6, 6.07) is 12.7. The Balaban J connectivity index is 2.17. The highest BCUT2D eigenvalue weighted by atomic mass is 32.2. The molecule has 0 atom stereocenters. The first kappa shape index (κ1) is 18.0. The summed E-state index contributed by atoms with van der Waals surface area (Å²) in [4.78, 5) is 0.444. The normalized spacial score (nSPS) is 11.2. The standard InChI is InChI=1S/C16H18O4S3/c17-23(18,15-5-1-13(2-6-15)19-9-11-21)16-7-3-14(4-8-16)20-10-12-22/h1-8,21-22H,9-12H2. The van der Waals surface area contributed by atoms with Crippen LogP contribution < -0.4 is 9.47 Å². The maximum atomic E-state index is 12.6. The lowest BCUT2D eigenvalue weighted by Gasteiger charge is -2.08. The fourth-order valence-electron chi connectivity index (χ4n) is 1.89. The molecule has 0 heterocycles. The van der Waals surface area contributed by atoms with Crippen molar-refractivity contribution in [2.45, 2.75) is 9.79 Å². The van der Waals surface area contributed by atoms with Gasteiger partial charge in [0.15, 0.2) is 0 Å². The fraction of sp³-hybridized carbons (Fsp3) is 0.250. The van der Waals surface area contributed by atoms with E-state index in [9.17, 15) is 8.42 Å². The molecule has 0 fully saturated rings. The van der Waals surface area contributed by atoms with Gasteiger partial charge in [0.05, 0.1) is 23.0 Å². The van der Waals surface area contributed by atoms with Crippen LogP contribution in [0.2, 0.25) is 0 Å². The number of thiol groups is 2. The Bertz CT molecular complexity index is 652. The fourth-order valence-corrected chi connectivity index (χ4v) is 3.34. The zero-order chi connectivity index (χ0) is 16.7. The summed E-state index contributed by atoms with van der Waals surface area (Å²) < 4.78 is 35.9. The first-order valence-electron chi connectivity index (χ1n) is 7.00. The van der Waals surface area contributed by atoms with Crippen molar-refractivity contribution >= 4 is 35.1 Å². The Kier molecular flexibility index (Phi) is 6.68. The molecule has 0 aliphatic rings. The largest absolute Gasteiger partial charge is 0.493 e. The van der Waals surface area contributed by atoms with E-state index in [2.05, 4.69) is 25.3 Å². The molecule has 7 heteroatoms. The Hall–Kier alpha value is -1.31. The molecule has 2 aromatic rings. The van der Waals surface area contributed by atoms with Crippen LogP contribution >= 0.6 is 25.3 Å². The molecule has 0 amide bonds. The van der Waals surface area contributed by atoms with Crippen molar-refractivity contribution in [2.24, 2.45) is 0 Å². The van der Waals surface area contributed by atoms with E-state index in [0.29, 0.717) is 36.2 Å². The van der Waals surface area contributed by atoms with Crippen molar-refractivity contribution in [1.82, 2.24) is 0 Å². The van der Waals surface area contributed by atoms with Gasteiger partial charge in [-0.15, -0.1) is 0 Å². The molecule has 0 aliphatic carbocycles. The Morgan fingerprint density at radius 3 is 1.35 bits per heavy atom. The van der Waals surface area contributed by atoms with Crippen molar-refractivity contribution < 1.29 is 17.9 Å². The van der Waals surface area contributed by atoms with E-state index in [1.165, 1.54) is 24.3 Å². The van der Waals surface area contributed by atoms with E-state index in [0.717, 1.165) is 0 Å². The van der Waals surface area contributed by atoms with Gasteiger partial charge in [-0.05, 0) is 48.5 Å². The van der Waals surface area contributed by atoms with Crippen LogP contribution in [0.3, 0.4) is 0 Å². The van der Waals surface area contributed by atoms with Crippen LogP contribution in [0.15, 0.2) is 58.3 Å². The third kappa shape index (κ3) is 4.83. The van der Waals surface area contributed by atoms with Crippen molar-refractivity contribution in [1.29, 1.82) is 0 Å². The van der Waals surface area contributed by atoms with E-state index in [4.69, 9.17) is 9.47 Å². The molecule has 0 aromatic heterocycles. The predicted octanol–water partition coefficient (Wildman–Crippen LogP) is 3.14. The van der Waals surface area contributed by atoms with Crippen LogP contribution in [0.4, 0.5) is 0 Å². The second-order valence-electron chi connectivity index (χ2n) is 4.59. The number of ether oxygens (including phenoxy) is 2. The molecule has 0 radical (unpaired) electrons. The van der Waals surface area contributed by atoms with Crippen molar-refractivity contribution in [2.75, 3.05) is 24.7 Å². The van der Waals surface area contributed by atoms with Gasteiger partial charge in [0, 0.05) is 11.5 Å². The van der Waals surface area contributed by atoms with Gasteiger partial charge in [-0.3, -0.25) is 0 Å². The summed E-state index contributed by atoms with van der Waals surface area (Å²) in [6.45, 7) is 0.950. The highest BCUT2D eigenvalue weighted by Gasteiger charge is 2.17. The first-order valence-corrected chi connectivity index (χ1v) is 9.75. The number of hydrogen-bond acceptors (Lipinski definition) is 6. The van der Waals surface area contributed by atoms with Gasteiger partial charge in [0.25, 0.3) is 0 Å². The molecule has 124 valence electrons. The van der Waals surface area contributed by atoms with Gasteiger partial charge in [0.2, 0.25) is 9.84 Å². The second-order valence-corrected chi connectivity index (χ2v) is 7.43. The van der Waals surface area contributed by atoms with Crippen molar-refractivity contribution in [3.05, 3.63) is 48.5 Å².